The van der Waals surface area contributed by atoms with E-state index in [-0.39, 0.29) is 0 Å². The highest BCUT2D eigenvalue weighted by Crippen LogP contribution is 2.33. The molecule has 0 aromatic heterocycles. The summed E-state index contributed by atoms with van der Waals surface area (Å²) in [6.45, 7) is 4.46. The Morgan fingerprint density at radius 3 is 2.58 bits per heavy atom. The van der Waals surface area contributed by atoms with E-state index in [1.165, 1.54) is 17.5 Å². The lowest BCUT2D eigenvalue weighted by atomic mass is 10.0. The summed E-state index contributed by atoms with van der Waals surface area (Å²) in [6.07, 6.45) is 1.18. The number of fused-ring (bicyclic) bond motifs is 1. The second kappa shape index (κ2) is 2.91. The first-order valence-corrected chi connectivity index (χ1v) is 4.67. The van der Waals surface area contributed by atoms with Gasteiger partial charge in [-0.15, -0.1) is 0 Å². The molecule has 1 N–H and O–H groups in total. The van der Waals surface area contributed by atoms with Gasteiger partial charge < -0.3 is 5.32 Å². The number of hydrogen-bond acceptors (Lipinski definition) is 1. The van der Waals surface area contributed by atoms with E-state index < -0.39 is 0 Å². The molecule has 0 fully saturated rings. The van der Waals surface area contributed by atoms with Crippen LogP contribution in [0.25, 0.3) is 0 Å². The van der Waals surface area contributed by atoms with Crippen LogP contribution >= 0.6 is 0 Å². The van der Waals surface area contributed by atoms with E-state index in [2.05, 4.69) is 43.4 Å². The summed E-state index contributed by atoms with van der Waals surface area (Å²) in [7, 11) is 0. The summed E-state index contributed by atoms with van der Waals surface area (Å²) < 4.78 is 0. The molecule has 2 atom stereocenters. The molecule has 0 radical (unpaired) electrons. The predicted octanol–water partition coefficient (Wildman–Crippen LogP) is 2.80. The Morgan fingerprint density at radius 1 is 1.25 bits per heavy atom. The monoisotopic (exact) mass is 161 g/mol. The fraction of sp³-hybridized carbons (Fsp3) is 0.455. The molecule has 1 aliphatic heterocycles. The van der Waals surface area contributed by atoms with Crippen LogP contribution in [0.1, 0.15) is 43.5 Å². The second-order valence-electron chi connectivity index (χ2n) is 3.48. The van der Waals surface area contributed by atoms with Crippen LogP contribution < -0.4 is 5.32 Å². The third-order valence-corrected chi connectivity index (χ3v) is 2.70. The molecule has 1 aromatic carbocycles. The van der Waals surface area contributed by atoms with Crippen molar-refractivity contribution in [3.8, 4) is 0 Å². The van der Waals surface area contributed by atoms with E-state index in [1.54, 1.807) is 0 Å². The summed E-state index contributed by atoms with van der Waals surface area (Å²) in [5.41, 5.74) is 2.97. The van der Waals surface area contributed by atoms with Gasteiger partial charge >= 0.3 is 0 Å². The Morgan fingerprint density at radius 2 is 1.92 bits per heavy atom. The van der Waals surface area contributed by atoms with Gasteiger partial charge in [-0.25, -0.2) is 0 Å². The van der Waals surface area contributed by atoms with E-state index in [9.17, 15) is 0 Å². The van der Waals surface area contributed by atoms with Crippen molar-refractivity contribution in [1.82, 2.24) is 5.32 Å². The molecule has 1 aliphatic rings. The molecule has 2 unspecified atom stereocenters. The fourth-order valence-electron chi connectivity index (χ4n) is 2.04. The highest BCUT2D eigenvalue weighted by molar-refractivity contribution is 5.36. The first kappa shape index (κ1) is 7.81. The predicted molar refractivity (Wildman–Crippen MR) is 51.0 cm³/mol. The zero-order chi connectivity index (χ0) is 8.55. The summed E-state index contributed by atoms with van der Waals surface area (Å²) in [5, 5.41) is 3.57. The molecule has 1 aromatic rings. The van der Waals surface area contributed by atoms with Gasteiger partial charge in [0.25, 0.3) is 0 Å². The van der Waals surface area contributed by atoms with Gasteiger partial charge in [-0.1, -0.05) is 31.2 Å². The molecule has 0 saturated carbocycles. The maximum Gasteiger partial charge on any atom is 0.0326 e. The maximum absolute atomic E-state index is 3.57. The highest BCUT2D eigenvalue weighted by Gasteiger charge is 2.24. The van der Waals surface area contributed by atoms with Crippen LogP contribution in [-0.4, -0.2) is 0 Å². The van der Waals surface area contributed by atoms with Crippen molar-refractivity contribution in [2.45, 2.75) is 32.4 Å². The molecule has 0 aliphatic carbocycles. The summed E-state index contributed by atoms with van der Waals surface area (Å²) in [4.78, 5) is 0. The minimum absolute atomic E-state index is 0.533. The Kier molecular flexibility index (Phi) is 1.89. The van der Waals surface area contributed by atoms with Gasteiger partial charge in [0.15, 0.2) is 0 Å². The topological polar surface area (TPSA) is 12.0 Å². The van der Waals surface area contributed by atoms with Crippen molar-refractivity contribution < 1.29 is 0 Å². The average molecular weight is 161 g/mol. The van der Waals surface area contributed by atoms with Crippen LogP contribution in [0.4, 0.5) is 0 Å². The Balaban J connectivity index is 2.43. The average Bonchev–Trinajstić information content (AvgIpc) is 2.44. The Labute approximate surface area is 73.8 Å². The van der Waals surface area contributed by atoms with Crippen LogP contribution in [-0.2, 0) is 0 Å². The number of rotatable bonds is 1. The smallest absolute Gasteiger partial charge is 0.0326 e. The van der Waals surface area contributed by atoms with Gasteiger partial charge in [0, 0.05) is 12.1 Å². The van der Waals surface area contributed by atoms with Crippen LogP contribution in [0.3, 0.4) is 0 Å². The van der Waals surface area contributed by atoms with Crippen LogP contribution in [0.5, 0.6) is 0 Å². The number of hydrogen-bond donors (Lipinski definition) is 1. The van der Waals surface area contributed by atoms with Crippen molar-refractivity contribution in [2.75, 3.05) is 0 Å². The SMILES string of the molecule is CCC1NC(C)c2ccccc21. The standard InChI is InChI=1S/C11H15N/c1-3-11-10-7-5-4-6-9(10)8(2)12-11/h4-8,11-12H,3H2,1-2H3. The van der Waals surface area contributed by atoms with E-state index in [4.69, 9.17) is 0 Å². The maximum atomic E-state index is 3.57. The largest absolute Gasteiger partial charge is 0.303 e. The molecule has 64 valence electrons. The lowest BCUT2D eigenvalue weighted by Gasteiger charge is -2.08. The van der Waals surface area contributed by atoms with Crippen LogP contribution in [0.2, 0.25) is 0 Å². The van der Waals surface area contributed by atoms with Gasteiger partial charge in [-0.2, -0.15) is 0 Å². The van der Waals surface area contributed by atoms with Crippen molar-refractivity contribution >= 4 is 0 Å². The van der Waals surface area contributed by atoms with Crippen molar-refractivity contribution in [2.24, 2.45) is 0 Å². The third-order valence-electron chi connectivity index (χ3n) is 2.70. The van der Waals surface area contributed by atoms with E-state index >= 15 is 0 Å². The first-order valence-electron chi connectivity index (χ1n) is 4.67. The molecule has 2 rings (SSSR count). The molecule has 0 amide bonds. The molecule has 0 spiro atoms. The molecule has 1 heterocycles. The van der Waals surface area contributed by atoms with E-state index in [0.717, 1.165) is 0 Å². The summed E-state index contributed by atoms with van der Waals surface area (Å²) in [5.74, 6) is 0. The van der Waals surface area contributed by atoms with E-state index in [0.29, 0.717) is 12.1 Å². The normalized spacial score (nSPS) is 27.2. The minimum atomic E-state index is 0.533. The van der Waals surface area contributed by atoms with Crippen LogP contribution in [0, 0.1) is 0 Å². The lowest BCUT2D eigenvalue weighted by molar-refractivity contribution is 0.509. The molecule has 1 nitrogen and oxygen atoms in total. The lowest BCUT2D eigenvalue weighted by Crippen LogP contribution is -2.14. The number of benzene rings is 1. The van der Waals surface area contributed by atoms with E-state index in [1.807, 2.05) is 0 Å². The minimum Gasteiger partial charge on any atom is -0.303 e. The molecular formula is C11H15N. The Hall–Kier alpha value is -0.820. The zero-order valence-corrected chi connectivity index (χ0v) is 7.67. The summed E-state index contributed by atoms with van der Waals surface area (Å²) >= 11 is 0. The zero-order valence-electron chi connectivity index (χ0n) is 7.67. The van der Waals surface area contributed by atoms with Gasteiger partial charge in [0.1, 0.15) is 0 Å². The van der Waals surface area contributed by atoms with Crippen molar-refractivity contribution in [1.29, 1.82) is 0 Å². The van der Waals surface area contributed by atoms with Gasteiger partial charge in [0.05, 0.1) is 0 Å². The molecular weight excluding hydrogens is 146 g/mol. The van der Waals surface area contributed by atoms with Gasteiger partial charge in [-0.3, -0.25) is 0 Å². The molecule has 0 bridgehead atoms. The van der Waals surface area contributed by atoms with Gasteiger partial charge in [-0.05, 0) is 24.5 Å². The quantitative estimate of drug-likeness (QED) is 0.667. The second-order valence-corrected chi connectivity index (χ2v) is 3.48. The van der Waals surface area contributed by atoms with Crippen LogP contribution in [0.15, 0.2) is 24.3 Å². The van der Waals surface area contributed by atoms with Crippen molar-refractivity contribution in [3.63, 3.8) is 0 Å². The van der Waals surface area contributed by atoms with Gasteiger partial charge in [0.2, 0.25) is 0 Å². The van der Waals surface area contributed by atoms with Crippen molar-refractivity contribution in [3.05, 3.63) is 35.4 Å². The third kappa shape index (κ3) is 1.05. The Bertz CT molecular complexity index is 280. The fourth-order valence-corrected chi connectivity index (χ4v) is 2.04. The number of nitrogens with one attached hydrogen (secondary N) is 1. The molecule has 0 saturated heterocycles. The molecule has 12 heavy (non-hydrogen) atoms. The molecule has 1 heteroatoms. The highest BCUT2D eigenvalue weighted by atomic mass is 15.0. The first-order chi connectivity index (χ1) is 5.83. The summed E-state index contributed by atoms with van der Waals surface area (Å²) in [6, 6.07) is 9.82.